The van der Waals surface area contributed by atoms with Gasteiger partial charge in [0, 0.05) is 23.9 Å². The molecule has 1 N–H and O–H groups in total. The highest BCUT2D eigenvalue weighted by Gasteiger charge is 2.21. The van der Waals surface area contributed by atoms with Gasteiger partial charge in [-0.15, -0.1) is 0 Å². The van der Waals surface area contributed by atoms with E-state index in [2.05, 4.69) is 48.0 Å². The Hall–Kier alpha value is -1.19. The molecular weight excluding hydrogens is 266 g/mol. The summed E-state index contributed by atoms with van der Waals surface area (Å²) in [6, 6.07) is 13.6. The number of fused-ring (bicyclic) bond motifs is 1. The van der Waals surface area contributed by atoms with E-state index in [1.54, 1.807) is 0 Å². The molecule has 1 fully saturated rings. The van der Waals surface area contributed by atoms with E-state index in [0.29, 0.717) is 6.04 Å². The van der Waals surface area contributed by atoms with Crippen LogP contribution in [0, 0.1) is 0 Å². The van der Waals surface area contributed by atoms with Gasteiger partial charge >= 0.3 is 0 Å². The molecule has 2 aromatic carbocycles. The van der Waals surface area contributed by atoms with Crippen molar-refractivity contribution >= 4 is 22.5 Å². The average Bonchev–Trinajstić information content (AvgIpc) is 3.30. The lowest BCUT2D eigenvalue weighted by Crippen LogP contribution is -2.16. The van der Waals surface area contributed by atoms with Crippen LogP contribution in [0.2, 0.25) is 0 Å². The van der Waals surface area contributed by atoms with E-state index < -0.39 is 0 Å². The van der Waals surface area contributed by atoms with Crippen LogP contribution in [-0.2, 0) is 6.54 Å². The van der Waals surface area contributed by atoms with Gasteiger partial charge in [0.25, 0.3) is 0 Å². The number of hydrogen-bond acceptors (Lipinski definition) is 3. The fraction of sp³-hybridized carbons (Fsp3) is 0.412. The smallest absolute Gasteiger partial charge is 0.124 e. The third kappa shape index (κ3) is 3.28. The Balaban J connectivity index is 1.87. The molecule has 3 heteroatoms. The van der Waals surface area contributed by atoms with Crippen molar-refractivity contribution < 1.29 is 4.74 Å². The van der Waals surface area contributed by atoms with Gasteiger partial charge in [0.15, 0.2) is 0 Å². The Bertz CT molecular complexity index is 580. The Morgan fingerprint density at radius 1 is 1.20 bits per heavy atom. The second-order valence-corrected chi connectivity index (χ2v) is 6.25. The van der Waals surface area contributed by atoms with Crippen molar-refractivity contribution in [1.29, 1.82) is 0 Å². The summed E-state index contributed by atoms with van der Waals surface area (Å²) in [4.78, 5) is 0. The largest absolute Gasteiger partial charge is 0.492 e. The van der Waals surface area contributed by atoms with E-state index in [0.717, 1.165) is 24.7 Å². The molecule has 106 valence electrons. The van der Waals surface area contributed by atoms with E-state index in [4.69, 9.17) is 4.74 Å². The topological polar surface area (TPSA) is 21.3 Å². The molecule has 2 nitrogen and oxygen atoms in total. The van der Waals surface area contributed by atoms with Crippen LogP contribution in [0.3, 0.4) is 0 Å². The summed E-state index contributed by atoms with van der Waals surface area (Å²) in [5, 5.41) is 6.21. The summed E-state index contributed by atoms with van der Waals surface area (Å²) in [7, 11) is 0. The lowest BCUT2D eigenvalue weighted by molar-refractivity contribution is 0.340. The van der Waals surface area contributed by atoms with Gasteiger partial charge in [-0.1, -0.05) is 30.3 Å². The maximum atomic E-state index is 5.98. The van der Waals surface area contributed by atoms with Gasteiger partial charge < -0.3 is 10.1 Å². The first-order valence-corrected chi connectivity index (χ1v) is 8.63. The number of thioether (sulfide) groups is 1. The fourth-order valence-electron chi connectivity index (χ4n) is 2.40. The van der Waals surface area contributed by atoms with Crippen molar-refractivity contribution in [3.05, 3.63) is 42.0 Å². The van der Waals surface area contributed by atoms with Crippen LogP contribution in [0.15, 0.2) is 36.4 Å². The van der Waals surface area contributed by atoms with Crippen molar-refractivity contribution in [3.63, 3.8) is 0 Å². The van der Waals surface area contributed by atoms with Crippen molar-refractivity contribution in [2.24, 2.45) is 0 Å². The van der Waals surface area contributed by atoms with E-state index in [9.17, 15) is 0 Å². The van der Waals surface area contributed by atoms with E-state index in [1.165, 1.54) is 29.2 Å². The zero-order chi connectivity index (χ0) is 13.8. The molecule has 0 saturated heterocycles. The molecule has 0 spiro atoms. The molecule has 20 heavy (non-hydrogen) atoms. The highest BCUT2D eigenvalue weighted by Crippen LogP contribution is 2.29. The van der Waals surface area contributed by atoms with Crippen molar-refractivity contribution in [3.8, 4) is 5.75 Å². The van der Waals surface area contributed by atoms with E-state index in [-0.39, 0.29) is 0 Å². The van der Waals surface area contributed by atoms with Gasteiger partial charge in [0.2, 0.25) is 0 Å². The molecule has 2 aromatic rings. The molecule has 0 heterocycles. The van der Waals surface area contributed by atoms with Crippen LogP contribution < -0.4 is 10.1 Å². The molecular formula is C17H21NOS. The monoisotopic (exact) mass is 287 g/mol. The molecule has 0 radical (unpaired) electrons. The predicted molar refractivity (Wildman–Crippen MR) is 87.7 cm³/mol. The maximum absolute atomic E-state index is 5.98. The summed E-state index contributed by atoms with van der Waals surface area (Å²) >= 11 is 1.82. The number of hydrogen-bond donors (Lipinski definition) is 1. The Morgan fingerprint density at radius 3 is 2.85 bits per heavy atom. The molecule has 0 aliphatic heterocycles. The fourth-order valence-corrected chi connectivity index (χ4v) is 2.65. The third-order valence-electron chi connectivity index (χ3n) is 3.69. The summed E-state index contributed by atoms with van der Waals surface area (Å²) in [6.45, 7) is 1.68. The van der Waals surface area contributed by atoms with Gasteiger partial charge in [-0.05, 0) is 35.9 Å². The molecule has 1 aliphatic rings. The zero-order valence-electron chi connectivity index (χ0n) is 11.9. The van der Waals surface area contributed by atoms with E-state index >= 15 is 0 Å². The molecule has 0 aromatic heterocycles. The molecule has 0 bridgehead atoms. The molecule has 1 aliphatic carbocycles. The molecule has 0 atom stereocenters. The van der Waals surface area contributed by atoms with E-state index in [1.807, 2.05) is 11.8 Å². The molecule has 1 saturated carbocycles. The SMILES string of the molecule is CSCCOc1ccc2ccccc2c1CNC1CC1. The number of nitrogens with one attached hydrogen (secondary N) is 1. The lowest BCUT2D eigenvalue weighted by Gasteiger charge is -2.14. The number of ether oxygens (including phenoxy) is 1. The Kier molecular flexibility index (Phi) is 4.48. The van der Waals surface area contributed by atoms with Crippen LogP contribution >= 0.6 is 11.8 Å². The first-order chi connectivity index (χ1) is 9.88. The van der Waals surface area contributed by atoms with Crippen LogP contribution in [0.1, 0.15) is 18.4 Å². The van der Waals surface area contributed by atoms with Crippen LogP contribution in [0.4, 0.5) is 0 Å². The summed E-state index contributed by atoms with van der Waals surface area (Å²) < 4.78 is 5.98. The van der Waals surface area contributed by atoms with Crippen molar-refractivity contribution in [1.82, 2.24) is 5.32 Å². The molecule has 0 unspecified atom stereocenters. The quantitative estimate of drug-likeness (QED) is 0.782. The molecule has 0 amide bonds. The normalized spacial score (nSPS) is 14.7. The Morgan fingerprint density at radius 2 is 2.05 bits per heavy atom. The minimum atomic E-state index is 0.716. The highest BCUT2D eigenvalue weighted by atomic mass is 32.2. The second-order valence-electron chi connectivity index (χ2n) is 5.26. The first kappa shape index (κ1) is 13.8. The highest BCUT2D eigenvalue weighted by molar-refractivity contribution is 7.98. The van der Waals surface area contributed by atoms with Gasteiger partial charge in [-0.25, -0.2) is 0 Å². The Labute approximate surface area is 124 Å². The van der Waals surface area contributed by atoms with Crippen LogP contribution in [0.5, 0.6) is 5.75 Å². The predicted octanol–water partition coefficient (Wildman–Crippen LogP) is 3.83. The lowest BCUT2D eigenvalue weighted by atomic mass is 10.0. The number of benzene rings is 2. The second kappa shape index (κ2) is 6.51. The minimum absolute atomic E-state index is 0.716. The van der Waals surface area contributed by atoms with Gasteiger partial charge in [0.1, 0.15) is 5.75 Å². The van der Waals surface area contributed by atoms with Crippen molar-refractivity contribution in [2.45, 2.75) is 25.4 Å². The zero-order valence-corrected chi connectivity index (χ0v) is 12.7. The van der Waals surface area contributed by atoms with Crippen LogP contribution in [0.25, 0.3) is 10.8 Å². The summed E-state index contributed by atoms with van der Waals surface area (Å²) in [5.74, 6) is 2.06. The number of rotatable bonds is 7. The van der Waals surface area contributed by atoms with Gasteiger partial charge in [-0.2, -0.15) is 11.8 Å². The average molecular weight is 287 g/mol. The van der Waals surface area contributed by atoms with Crippen molar-refractivity contribution in [2.75, 3.05) is 18.6 Å². The molecule has 3 rings (SSSR count). The maximum Gasteiger partial charge on any atom is 0.124 e. The van der Waals surface area contributed by atoms with Gasteiger partial charge in [-0.3, -0.25) is 0 Å². The summed E-state index contributed by atoms with van der Waals surface area (Å²) in [5.41, 5.74) is 1.30. The van der Waals surface area contributed by atoms with Crippen LogP contribution in [-0.4, -0.2) is 24.7 Å². The first-order valence-electron chi connectivity index (χ1n) is 7.24. The van der Waals surface area contributed by atoms with Gasteiger partial charge in [0.05, 0.1) is 6.61 Å². The third-order valence-corrected chi connectivity index (χ3v) is 4.26. The summed E-state index contributed by atoms with van der Waals surface area (Å²) in [6.07, 6.45) is 4.74. The standard InChI is InChI=1S/C17H21NOS/c1-20-11-10-19-17-9-6-13-4-2-3-5-15(13)16(17)12-18-14-7-8-14/h2-6,9,14,18H,7-8,10-12H2,1H3. The minimum Gasteiger partial charge on any atom is -0.492 e.